The predicted molar refractivity (Wildman–Crippen MR) is 72.1 cm³/mol. The largest absolute Gasteiger partial charge is 0.790 e. The number of hydrogen-bond acceptors (Lipinski definition) is 8. The molecular weight excluding hydrogens is 422 g/mol. The van der Waals surface area contributed by atoms with Gasteiger partial charge >= 0.3 is 5.69 Å². The lowest BCUT2D eigenvalue weighted by Crippen LogP contribution is -2.33. The fraction of sp³-hybridized carbons (Fsp3) is 0.556. The molecule has 1 aromatic rings. The van der Waals surface area contributed by atoms with Gasteiger partial charge in [0.2, 0.25) is 0 Å². The zero-order valence-electron chi connectivity index (χ0n) is 10.3. The second kappa shape index (κ2) is 6.28. The molecule has 10 nitrogen and oxygen atoms in total. The predicted octanol–water partition coefficient (Wildman–Crippen LogP) is -2.37. The third kappa shape index (κ3) is 4.22. The highest BCUT2D eigenvalue weighted by molar-refractivity contribution is 14.1. The smallest absolute Gasteiger partial charge is 0.330 e. The molecule has 1 aliphatic rings. The first kappa shape index (κ1) is 16.8. The van der Waals surface area contributed by atoms with Gasteiger partial charge in [-0.05, 0) is 22.6 Å². The molecular formula is C9H10IN2O8P-2. The summed E-state index contributed by atoms with van der Waals surface area (Å²) in [6, 6.07) is 0. The average molecular weight is 432 g/mol. The third-order valence-electron chi connectivity index (χ3n) is 2.84. The number of hydrogen-bond donors (Lipinski definition) is 2. The summed E-state index contributed by atoms with van der Waals surface area (Å²) in [6.07, 6.45) is -1.84. The number of aliphatic hydroxyl groups is 1. The minimum absolute atomic E-state index is 0.0158. The summed E-state index contributed by atoms with van der Waals surface area (Å²) >= 11 is 1.73. The van der Waals surface area contributed by atoms with E-state index in [2.05, 4.69) is 9.51 Å². The number of rotatable bonds is 4. The molecule has 0 aromatic carbocycles. The number of halogens is 1. The van der Waals surface area contributed by atoms with Crippen LogP contribution in [0.25, 0.3) is 0 Å². The fourth-order valence-electron chi connectivity index (χ4n) is 1.88. The van der Waals surface area contributed by atoms with Crippen LogP contribution in [-0.4, -0.2) is 33.5 Å². The van der Waals surface area contributed by atoms with Gasteiger partial charge in [-0.25, -0.2) is 4.79 Å². The van der Waals surface area contributed by atoms with Crippen LogP contribution in [0.2, 0.25) is 0 Å². The Morgan fingerprint density at radius 2 is 2.24 bits per heavy atom. The Morgan fingerprint density at radius 3 is 2.86 bits per heavy atom. The monoisotopic (exact) mass is 432 g/mol. The molecule has 1 saturated heterocycles. The van der Waals surface area contributed by atoms with E-state index in [0.29, 0.717) is 0 Å². The van der Waals surface area contributed by atoms with E-state index < -0.39 is 44.1 Å². The van der Waals surface area contributed by atoms with E-state index in [9.17, 15) is 29.0 Å². The van der Waals surface area contributed by atoms with E-state index in [0.717, 1.165) is 4.57 Å². The standard InChI is InChI=1S/C9H12IN2O8P/c10-4-2-12(9(15)11-8(4)14)7-1-5(13)6(20-7)3-19-21(16,17)18/h2,5-7,13H,1,3H2,(H,11,14,15)(H2,16,17,18)/p-2. The Bertz CT molecular complexity index is 681. The van der Waals surface area contributed by atoms with Crippen molar-refractivity contribution in [1.29, 1.82) is 0 Å². The van der Waals surface area contributed by atoms with Crippen LogP contribution >= 0.6 is 30.4 Å². The van der Waals surface area contributed by atoms with Crippen LogP contribution in [-0.2, 0) is 13.8 Å². The number of nitrogens with zero attached hydrogens (tertiary/aromatic N) is 1. The molecule has 0 saturated carbocycles. The number of ether oxygens (including phenoxy) is 1. The summed E-state index contributed by atoms with van der Waals surface area (Å²) in [6.45, 7) is -0.642. The molecule has 2 N–H and O–H groups in total. The highest BCUT2D eigenvalue weighted by Gasteiger charge is 2.35. The van der Waals surface area contributed by atoms with Crippen LogP contribution in [0.3, 0.4) is 0 Å². The lowest BCUT2D eigenvalue weighted by Gasteiger charge is -2.30. The first-order chi connectivity index (χ1) is 9.67. The number of nitrogens with one attached hydrogen (secondary N) is 1. The topological polar surface area (TPSA) is 157 Å². The van der Waals surface area contributed by atoms with Crippen LogP contribution in [0, 0.1) is 3.57 Å². The molecule has 0 radical (unpaired) electrons. The molecule has 0 amide bonds. The van der Waals surface area contributed by atoms with Gasteiger partial charge in [0.1, 0.15) is 12.3 Å². The van der Waals surface area contributed by atoms with E-state index in [4.69, 9.17) is 4.74 Å². The summed E-state index contributed by atoms with van der Waals surface area (Å²) < 4.78 is 21.1. The van der Waals surface area contributed by atoms with Crippen molar-refractivity contribution in [2.75, 3.05) is 6.61 Å². The molecule has 0 bridgehead atoms. The van der Waals surface area contributed by atoms with Gasteiger partial charge in [0, 0.05) is 12.6 Å². The van der Waals surface area contributed by atoms with Crippen LogP contribution in [0.4, 0.5) is 0 Å². The Labute approximate surface area is 131 Å². The van der Waals surface area contributed by atoms with Crippen LogP contribution in [0.1, 0.15) is 12.6 Å². The maximum atomic E-state index is 11.7. The zero-order valence-corrected chi connectivity index (χ0v) is 13.4. The molecule has 3 atom stereocenters. The van der Waals surface area contributed by atoms with Gasteiger partial charge in [-0.3, -0.25) is 14.3 Å². The Morgan fingerprint density at radius 1 is 1.57 bits per heavy atom. The number of aromatic nitrogens is 2. The minimum Gasteiger partial charge on any atom is -0.790 e. The third-order valence-corrected chi connectivity index (χ3v) is 4.07. The SMILES string of the molecule is O=c1[nH]c(=O)n(C2CC(O)C(COP(=O)([O-])[O-])O2)cc1I. The van der Waals surface area contributed by atoms with Gasteiger partial charge in [0.05, 0.1) is 24.1 Å². The molecule has 0 aliphatic carbocycles. The van der Waals surface area contributed by atoms with E-state index in [1.54, 1.807) is 22.6 Å². The molecule has 2 rings (SSSR count). The molecule has 1 aromatic heterocycles. The van der Waals surface area contributed by atoms with E-state index >= 15 is 0 Å². The number of phosphoric acid groups is 1. The van der Waals surface area contributed by atoms with Crippen molar-refractivity contribution in [2.45, 2.75) is 24.9 Å². The Kier molecular flexibility index (Phi) is 5.03. The van der Waals surface area contributed by atoms with Crippen molar-refractivity contribution in [3.05, 3.63) is 30.6 Å². The highest BCUT2D eigenvalue weighted by atomic mass is 127. The van der Waals surface area contributed by atoms with Crippen molar-refractivity contribution in [3.8, 4) is 0 Å². The summed E-state index contributed by atoms with van der Waals surface area (Å²) in [5, 5.41) is 9.74. The van der Waals surface area contributed by atoms with Crippen LogP contribution in [0.15, 0.2) is 15.8 Å². The average Bonchev–Trinajstić information content (AvgIpc) is 2.72. The number of aliphatic hydroxyl groups excluding tert-OH is 1. The normalized spacial score (nSPS) is 26.2. The molecule has 3 unspecified atom stereocenters. The van der Waals surface area contributed by atoms with Gasteiger partial charge in [-0.15, -0.1) is 0 Å². The van der Waals surface area contributed by atoms with Crippen molar-refractivity contribution >= 4 is 30.4 Å². The van der Waals surface area contributed by atoms with Gasteiger partial charge < -0.3 is 28.7 Å². The van der Waals surface area contributed by atoms with E-state index in [-0.39, 0.29) is 9.99 Å². The molecule has 1 aliphatic heterocycles. The second-order valence-electron chi connectivity index (χ2n) is 4.32. The quantitative estimate of drug-likeness (QED) is 0.395. The molecule has 12 heteroatoms. The maximum Gasteiger partial charge on any atom is 0.330 e. The lowest BCUT2D eigenvalue weighted by atomic mass is 10.2. The Hall–Kier alpha value is -0.560. The highest BCUT2D eigenvalue weighted by Crippen LogP contribution is 2.31. The summed E-state index contributed by atoms with van der Waals surface area (Å²) in [4.78, 5) is 45.8. The lowest BCUT2D eigenvalue weighted by molar-refractivity contribution is -0.343. The van der Waals surface area contributed by atoms with E-state index in [1.807, 2.05) is 0 Å². The van der Waals surface area contributed by atoms with Gasteiger partial charge in [-0.2, -0.15) is 0 Å². The van der Waals surface area contributed by atoms with E-state index in [1.165, 1.54) is 6.20 Å². The van der Waals surface area contributed by atoms with Crippen molar-refractivity contribution < 1.29 is 28.7 Å². The molecule has 0 spiro atoms. The van der Waals surface area contributed by atoms with Crippen molar-refractivity contribution in [1.82, 2.24) is 9.55 Å². The molecule has 118 valence electrons. The van der Waals surface area contributed by atoms with Crippen molar-refractivity contribution in [3.63, 3.8) is 0 Å². The van der Waals surface area contributed by atoms with Crippen LogP contribution in [0.5, 0.6) is 0 Å². The van der Waals surface area contributed by atoms with Gasteiger partial charge in [0.15, 0.2) is 0 Å². The molecule has 1 fully saturated rings. The molecule has 21 heavy (non-hydrogen) atoms. The first-order valence-corrected chi connectivity index (χ1v) is 8.22. The second-order valence-corrected chi connectivity index (χ2v) is 6.63. The number of H-pyrrole nitrogens is 1. The Balaban J connectivity index is 2.14. The van der Waals surface area contributed by atoms with Gasteiger partial charge in [-0.1, -0.05) is 0 Å². The first-order valence-electron chi connectivity index (χ1n) is 5.68. The fourth-order valence-corrected chi connectivity index (χ4v) is 2.64. The number of phosphoric ester groups is 1. The maximum absolute atomic E-state index is 11.7. The summed E-state index contributed by atoms with van der Waals surface area (Å²) in [7, 11) is -5.17. The molecule has 2 heterocycles. The van der Waals surface area contributed by atoms with Crippen molar-refractivity contribution in [2.24, 2.45) is 0 Å². The van der Waals surface area contributed by atoms with Crippen LogP contribution < -0.4 is 21.0 Å². The summed E-state index contributed by atoms with van der Waals surface area (Å²) in [5.41, 5.74) is -1.27. The number of aromatic amines is 1. The zero-order chi connectivity index (χ0) is 15.8. The summed E-state index contributed by atoms with van der Waals surface area (Å²) in [5.74, 6) is 0. The minimum atomic E-state index is -5.17. The van der Waals surface area contributed by atoms with Gasteiger partial charge in [0.25, 0.3) is 5.56 Å².